The number of rotatable bonds is 7. The van der Waals surface area contributed by atoms with Gasteiger partial charge < -0.3 is 21.1 Å². The van der Waals surface area contributed by atoms with Crippen molar-refractivity contribution in [2.45, 2.75) is 13.1 Å². The largest absolute Gasteiger partial charge is 0.379 e. The summed E-state index contributed by atoms with van der Waals surface area (Å²) in [5.41, 5.74) is 7.08. The molecule has 1 aromatic heterocycles. The highest BCUT2D eigenvalue weighted by molar-refractivity contribution is 6.04. The van der Waals surface area contributed by atoms with Crippen molar-refractivity contribution in [1.29, 1.82) is 0 Å². The van der Waals surface area contributed by atoms with Crippen LogP contribution in [-0.4, -0.2) is 59.5 Å². The smallest absolute Gasteiger partial charge is 0.312 e. The quantitative estimate of drug-likeness (QED) is 0.660. The molecule has 3 rings (SSSR count). The summed E-state index contributed by atoms with van der Waals surface area (Å²) in [6.07, 6.45) is 3.46. The standard InChI is InChI=1S/C18H24N6O3/c19-18(26)20-11-14-1-3-15(4-2-14)17(25)22-16-12-21-24(13-16)6-5-23-7-9-27-10-8-23/h1-4,12-13H,5-11H2,(H,22,25)(H3,19,20,26). The molecule has 2 heterocycles. The van der Waals surface area contributed by atoms with Crippen molar-refractivity contribution in [3.8, 4) is 0 Å². The van der Waals surface area contributed by atoms with Gasteiger partial charge in [-0.2, -0.15) is 5.10 Å². The van der Waals surface area contributed by atoms with Crippen LogP contribution in [0.2, 0.25) is 0 Å². The number of carbonyl (C=O) groups excluding carboxylic acids is 2. The molecule has 0 saturated carbocycles. The number of primary amides is 1. The number of nitrogens with two attached hydrogens (primary N) is 1. The number of benzene rings is 1. The fraction of sp³-hybridized carbons (Fsp3) is 0.389. The summed E-state index contributed by atoms with van der Waals surface area (Å²) < 4.78 is 7.16. The summed E-state index contributed by atoms with van der Waals surface area (Å²) in [7, 11) is 0. The molecule has 0 bridgehead atoms. The monoisotopic (exact) mass is 372 g/mol. The highest BCUT2D eigenvalue weighted by Gasteiger charge is 2.11. The van der Waals surface area contributed by atoms with Gasteiger partial charge in [0.25, 0.3) is 5.91 Å². The van der Waals surface area contributed by atoms with Crippen LogP contribution in [0.1, 0.15) is 15.9 Å². The number of aromatic nitrogens is 2. The molecule has 1 fully saturated rings. The van der Waals surface area contributed by atoms with Crippen molar-refractivity contribution in [3.05, 3.63) is 47.8 Å². The van der Waals surface area contributed by atoms with E-state index in [0.29, 0.717) is 17.8 Å². The van der Waals surface area contributed by atoms with Gasteiger partial charge >= 0.3 is 6.03 Å². The van der Waals surface area contributed by atoms with E-state index in [1.54, 1.807) is 30.5 Å². The Morgan fingerprint density at radius 1 is 1.15 bits per heavy atom. The lowest BCUT2D eigenvalue weighted by atomic mass is 10.1. The third kappa shape index (κ3) is 5.80. The maximum absolute atomic E-state index is 12.3. The summed E-state index contributed by atoms with van der Waals surface area (Å²) in [5, 5.41) is 9.64. The number of nitrogens with zero attached hydrogens (tertiary/aromatic N) is 3. The summed E-state index contributed by atoms with van der Waals surface area (Å²) in [4.78, 5) is 25.4. The zero-order valence-electron chi connectivity index (χ0n) is 15.1. The zero-order valence-corrected chi connectivity index (χ0v) is 15.1. The summed E-state index contributed by atoms with van der Waals surface area (Å²) >= 11 is 0. The predicted octanol–water partition coefficient (Wildman–Crippen LogP) is 0.636. The zero-order chi connectivity index (χ0) is 19.1. The van der Waals surface area contributed by atoms with Crippen molar-refractivity contribution >= 4 is 17.6 Å². The van der Waals surface area contributed by atoms with Crippen LogP contribution in [-0.2, 0) is 17.8 Å². The van der Waals surface area contributed by atoms with Gasteiger partial charge in [-0.05, 0) is 17.7 Å². The van der Waals surface area contributed by atoms with Gasteiger partial charge in [0.2, 0.25) is 0 Å². The van der Waals surface area contributed by atoms with Crippen LogP contribution in [0.5, 0.6) is 0 Å². The molecule has 1 saturated heterocycles. The van der Waals surface area contributed by atoms with Crippen LogP contribution < -0.4 is 16.4 Å². The lowest BCUT2D eigenvalue weighted by Gasteiger charge is -2.26. The maximum atomic E-state index is 12.3. The normalized spacial score (nSPS) is 14.7. The molecular formula is C18H24N6O3. The molecule has 0 unspecified atom stereocenters. The molecule has 1 aliphatic rings. The first-order valence-electron chi connectivity index (χ1n) is 8.86. The first-order chi connectivity index (χ1) is 13.1. The topological polar surface area (TPSA) is 115 Å². The number of morpholine rings is 1. The fourth-order valence-corrected chi connectivity index (χ4v) is 2.79. The van der Waals surface area contributed by atoms with Crippen LogP contribution in [0.4, 0.5) is 10.5 Å². The fourth-order valence-electron chi connectivity index (χ4n) is 2.79. The molecule has 9 nitrogen and oxygen atoms in total. The van der Waals surface area contributed by atoms with Gasteiger partial charge in [-0.15, -0.1) is 0 Å². The van der Waals surface area contributed by atoms with E-state index in [1.165, 1.54) is 0 Å². The third-order valence-electron chi connectivity index (χ3n) is 4.32. The Morgan fingerprint density at radius 3 is 2.59 bits per heavy atom. The molecule has 1 aromatic carbocycles. The Labute approximate surface area is 157 Å². The van der Waals surface area contributed by atoms with Gasteiger partial charge in [0.15, 0.2) is 0 Å². The second-order valence-corrected chi connectivity index (χ2v) is 6.31. The number of amides is 3. The number of hydrogen-bond acceptors (Lipinski definition) is 5. The van der Waals surface area contributed by atoms with Crippen molar-refractivity contribution in [1.82, 2.24) is 20.0 Å². The predicted molar refractivity (Wildman–Crippen MR) is 100 cm³/mol. The Bertz CT molecular complexity index is 768. The lowest BCUT2D eigenvalue weighted by Crippen LogP contribution is -2.38. The minimum absolute atomic E-state index is 0.211. The van der Waals surface area contributed by atoms with Gasteiger partial charge in [0.1, 0.15) is 0 Å². The van der Waals surface area contributed by atoms with Crippen molar-refractivity contribution in [3.63, 3.8) is 0 Å². The molecule has 144 valence electrons. The van der Waals surface area contributed by atoms with E-state index in [0.717, 1.165) is 45.0 Å². The Hall–Kier alpha value is -2.91. The number of carbonyl (C=O) groups is 2. The number of hydrogen-bond donors (Lipinski definition) is 3. The van der Waals surface area contributed by atoms with Gasteiger partial charge in [0, 0.05) is 37.9 Å². The number of urea groups is 1. The molecule has 2 aromatic rings. The molecule has 27 heavy (non-hydrogen) atoms. The van der Waals surface area contributed by atoms with Crippen molar-refractivity contribution in [2.24, 2.45) is 5.73 Å². The molecule has 0 aliphatic carbocycles. The van der Waals surface area contributed by atoms with Crippen LogP contribution in [0.15, 0.2) is 36.7 Å². The van der Waals surface area contributed by atoms with Crippen molar-refractivity contribution in [2.75, 3.05) is 38.2 Å². The molecule has 3 amide bonds. The molecule has 0 atom stereocenters. The highest BCUT2D eigenvalue weighted by atomic mass is 16.5. The third-order valence-corrected chi connectivity index (χ3v) is 4.32. The Balaban J connectivity index is 1.49. The first kappa shape index (κ1) is 18.9. The number of ether oxygens (including phenoxy) is 1. The number of nitrogens with one attached hydrogen (secondary N) is 2. The van der Waals surface area contributed by atoms with E-state index in [4.69, 9.17) is 10.5 Å². The first-order valence-corrected chi connectivity index (χ1v) is 8.86. The van der Waals surface area contributed by atoms with E-state index < -0.39 is 6.03 Å². The average Bonchev–Trinajstić information content (AvgIpc) is 3.13. The van der Waals surface area contributed by atoms with E-state index in [1.807, 2.05) is 10.9 Å². The van der Waals surface area contributed by atoms with Gasteiger partial charge in [-0.3, -0.25) is 14.4 Å². The molecule has 4 N–H and O–H groups in total. The van der Waals surface area contributed by atoms with E-state index in [2.05, 4.69) is 20.6 Å². The minimum atomic E-state index is -0.581. The molecule has 1 aliphatic heterocycles. The second-order valence-electron chi connectivity index (χ2n) is 6.31. The van der Waals surface area contributed by atoms with E-state index in [-0.39, 0.29) is 5.91 Å². The highest BCUT2D eigenvalue weighted by Crippen LogP contribution is 2.10. The summed E-state index contributed by atoms with van der Waals surface area (Å²) in [6, 6.07) is 6.38. The van der Waals surface area contributed by atoms with Crippen molar-refractivity contribution < 1.29 is 14.3 Å². The molecule has 9 heteroatoms. The van der Waals surface area contributed by atoms with Crippen LogP contribution in [0, 0.1) is 0 Å². The SMILES string of the molecule is NC(=O)NCc1ccc(C(=O)Nc2cnn(CCN3CCOCC3)c2)cc1. The minimum Gasteiger partial charge on any atom is -0.379 e. The maximum Gasteiger partial charge on any atom is 0.312 e. The van der Waals surface area contributed by atoms with Gasteiger partial charge in [-0.1, -0.05) is 12.1 Å². The summed E-state index contributed by atoms with van der Waals surface area (Å²) in [5.74, 6) is -0.211. The van der Waals surface area contributed by atoms with Gasteiger partial charge in [-0.25, -0.2) is 4.79 Å². The second kappa shape index (κ2) is 9.15. The summed E-state index contributed by atoms with van der Waals surface area (Å²) in [6.45, 7) is 5.42. The molecular weight excluding hydrogens is 348 g/mol. The Kier molecular flexibility index (Phi) is 6.39. The molecule has 0 spiro atoms. The van der Waals surface area contributed by atoms with Gasteiger partial charge in [0.05, 0.1) is 31.6 Å². The van der Waals surface area contributed by atoms with Crippen LogP contribution in [0.25, 0.3) is 0 Å². The van der Waals surface area contributed by atoms with Crippen LogP contribution >= 0.6 is 0 Å². The van der Waals surface area contributed by atoms with E-state index in [9.17, 15) is 9.59 Å². The Morgan fingerprint density at radius 2 is 1.89 bits per heavy atom. The van der Waals surface area contributed by atoms with Crippen LogP contribution in [0.3, 0.4) is 0 Å². The lowest BCUT2D eigenvalue weighted by molar-refractivity contribution is 0.0360. The van der Waals surface area contributed by atoms with E-state index >= 15 is 0 Å². The number of anilines is 1. The average molecular weight is 372 g/mol. The molecule has 0 radical (unpaired) electrons.